The molecule has 62 valence electrons. The summed E-state index contributed by atoms with van der Waals surface area (Å²) in [5, 5.41) is 2.30. The molecule has 4 nitrogen and oxygen atoms in total. The third-order valence-electron chi connectivity index (χ3n) is 1.17. The molecule has 0 fully saturated rings. The molecule has 1 heterocycles. The normalized spacial score (nSPS) is 30.0. The van der Waals surface area contributed by atoms with Gasteiger partial charge in [0.25, 0.3) is 4.33 Å². The van der Waals surface area contributed by atoms with E-state index in [-0.39, 0.29) is 0 Å². The quantitative estimate of drug-likeness (QED) is 0.362. The molecule has 0 aromatic carbocycles. The summed E-state index contributed by atoms with van der Waals surface area (Å²) in [5.74, 6) is 0. The molecule has 11 heavy (non-hydrogen) atoms. The maximum atomic E-state index is 10.6. The standard InChI is InChI=1S/C5H6ClNO3S/c6-5(11(8,9)10)3-1-2-4-7-5/h1-4,7H,(H,8,9,10). The number of nitrogens with one attached hydrogen (secondary N) is 1. The lowest BCUT2D eigenvalue weighted by Gasteiger charge is -2.21. The van der Waals surface area contributed by atoms with Crippen molar-refractivity contribution < 1.29 is 13.0 Å². The summed E-state index contributed by atoms with van der Waals surface area (Å²) in [6.45, 7) is 0. The molecule has 1 aliphatic rings. The Balaban J connectivity index is 3.04. The van der Waals surface area contributed by atoms with E-state index in [1.54, 1.807) is 6.08 Å². The van der Waals surface area contributed by atoms with Gasteiger partial charge in [0.15, 0.2) is 0 Å². The molecule has 1 atom stereocenters. The van der Waals surface area contributed by atoms with Gasteiger partial charge in [-0.3, -0.25) is 4.55 Å². The van der Waals surface area contributed by atoms with E-state index >= 15 is 0 Å². The van der Waals surface area contributed by atoms with Crippen molar-refractivity contribution in [2.75, 3.05) is 0 Å². The minimum absolute atomic E-state index is 1.14. The van der Waals surface area contributed by atoms with Crippen LogP contribution in [0.5, 0.6) is 0 Å². The second kappa shape index (κ2) is 2.51. The smallest absolute Gasteiger partial charge is 0.307 e. The van der Waals surface area contributed by atoms with Crippen molar-refractivity contribution in [3.05, 3.63) is 24.4 Å². The SMILES string of the molecule is O=S(=O)(O)C1(Cl)C=CC=CN1. The maximum absolute atomic E-state index is 10.6. The second-order valence-corrected chi connectivity index (χ2v) is 4.40. The van der Waals surface area contributed by atoms with E-state index in [0.29, 0.717) is 0 Å². The number of alkyl halides is 1. The Morgan fingerprint density at radius 2 is 2.09 bits per heavy atom. The highest BCUT2D eigenvalue weighted by Crippen LogP contribution is 2.22. The van der Waals surface area contributed by atoms with E-state index in [1.165, 1.54) is 12.3 Å². The van der Waals surface area contributed by atoms with Gasteiger partial charge in [-0.05, 0) is 18.4 Å². The first kappa shape index (κ1) is 8.58. The van der Waals surface area contributed by atoms with Gasteiger partial charge in [0, 0.05) is 0 Å². The fourth-order valence-corrected chi connectivity index (χ4v) is 1.21. The molecule has 2 N–H and O–H groups in total. The third kappa shape index (κ3) is 1.55. The Kier molecular flexibility index (Phi) is 1.96. The van der Waals surface area contributed by atoms with Crippen LogP contribution in [0, 0.1) is 0 Å². The summed E-state index contributed by atoms with van der Waals surface area (Å²) < 4.78 is 27.9. The van der Waals surface area contributed by atoms with E-state index in [1.807, 2.05) is 0 Å². The predicted molar refractivity (Wildman–Crippen MR) is 41.5 cm³/mol. The molecule has 0 saturated heterocycles. The molecule has 0 aromatic heterocycles. The van der Waals surface area contributed by atoms with E-state index in [4.69, 9.17) is 16.2 Å². The van der Waals surface area contributed by atoms with E-state index in [2.05, 4.69) is 5.32 Å². The van der Waals surface area contributed by atoms with Crippen molar-refractivity contribution in [3.8, 4) is 0 Å². The van der Waals surface area contributed by atoms with Gasteiger partial charge < -0.3 is 5.32 Å². The largest absolute Gasteiger partial charge is 0.355 e. The zero-order chi connectivity index (χ0) is 8.54. The van der Waals surface area contributed by atoms with Crippen molar-refractivity contribution in [3.63, 3.8) is 0 Å². The van der Waals surface area contributed by atoms with E-state index < -0.39 is 14.4 Å². The average molecular weight is 196 g/mol. The summed E-state index contributed by atoms with van der Waals surface area (Å²) in [4.78, 5) is 0. The van der Waals surface area contributed by atoms with Crippen LogP contribution >= 0.6 is 11.6 Å². The lowest BCUT2D eigenvalue weighted by Crippen LogP contribution is -2.43. The first-order valence-electron chi connectivity index (χ1n) is 2.74. The molecule has 0 aromatic rings. The molecule has 0 amide bonds. The van der Waals surface area contributed by atoms with Crippen molar-refractivity contribution >= 4 is 21.7 Å². The second-order valence-electron chi connectivity index (χ2n) is 1.98. The molecule has 0 spiro atoms. The molecule has 1 unspecified atom stereocenters. The minimum Gasteiger partial charge on any atom is -0.355 e. The summed E-state index contributed by atoms with van der Waals surface area (Å²) in [6, 6.07) is 0. The van der Waals surface area contributed by atoms with Crippen LogP contribution in [0.25, 0.3) is 0 Å². The first-order valence-corrected chi connectivity index (χ1v) is 4.55. The number of allylic oxidation sites excluding steroid dienone is 2. The number of hydrogen-bond acceptors (Lipinski definition) is 3. The highest BCUT2D eigenvalue weighted by atomic mass is 35.5. The summed E-state index contributed by atoms with van der Waals surface area (Å²) in [5.41, 5.74) is 0. The topological polar surface area (TPSA) is 66.4 Å². The number of rotatable bonds is 1. The Bertz CT molecular complexity index is 308. The van der Waals surface area contributed by atoms with Crippen LogP contribution in [-0.4, -0.2) is 17.3 Å². The molecule has 0 saturated carbocycles. The van der Waals surface area contributed by atoms with E-state index in [0.717, 1.165) is 6.08 Å². The van der Waals surface area contributed by atoms with Gasteiger partial charge >= 0.3 is 10.1 Å². The first-order chi connectivity index (χ1) is 4.96. The molecule has 0 aliphatic carbocycles. The highest BCUT2D eigenvalue weighted by Gasteiger charge is 2.37. The van der Waals surface area contributed by atoms with Crippen molar-refractivity contribution in [1.82, 2.24) is 5.32 Å². The van der Waals surface area contributed by atoms with Crippen LogP contribution in [-0.2, 0) is 10.1 Å². The average Bonchev–Trinajstić information content (AvgIpc) is 1.87. The lowest BCUT2D eigenvalue weighted by molar-refractivity contribution is 0.462. The van der Waals surface area contributed by atoms with Crippen molar-refractivity contribution in [2.24, 2.45) is 0 Å². The van der Waals surface area contributed by atoms with E-state index in [9.17, 15) is 8.42 Å². The van der Waals surface area contributed by atoms with Crippen LogP contribution in [0.1, 0.15) is 0 Å². The van der Waals surface area contributed by atoms with Gasteiger partial charge in [-0.25, -0.2) is 0 Å². The number of hydrogen-bond donors (Lipinski definition) is 2. The zero-order valence-electron chi connectivity index (χ0n) is 5.36. The summed E-state index contributed by atoms with van der Waals surface area (Å²) >= 11 is 5.46. The zero-order valence-corrected chi connectivity index (χ0v) is 6.93. The fourth-order valence-electron chi connectivity index (χ4n) is 0.605. The van der Waals surface area contributed by atoms with Crippen LogP contribution < -0.4 is 5.32 Å². The van der Waals surface area contributed by atoms with Crippen LogP contribution in [0.15, 0.2) is 24.4 Å². The molecule has 1 aliphatic heterocycles. The molecular formula is C5H6ClNO3S. The van der Waals surface area contributed by atoms with Crippen molar-refractivity contribution in [2.45, 2.75) is 4.33 Å². The summed E-state index contributed by atoms with van der Waals surface area (Å²) in [7, 11) is -4.31. The Hall–Kier alpha value is -0.520. The maximum Gasteiger partial charge on any atom is 0.307 e. The number of halogens is 1. The molecule has 0 bridgehead atoms. The predicted octanol–water partition coefficient (Wildman–Crippen LogP) is 0.440. The molecule has 0 radical (unpaired) electrons. The minimum atomic E-state index is -4.31. The number of dihydropyridines is 1. The fraction of sp³-hybridized carbons (Fsp3) is 0.200. The van der Waals surface area contributed by atoms with Gasteiger partial charge in [0.1, 0.15) is 0 Å². The Morgan fingerprint density at radius 1 is 1.45 bits per heavy atom. The van der Waals surface area contributed by atoms with Crippen LogP contribution in [0.2, 0.25) is 0 Å². The third-order valence-corrected chi connectivity index (χ3v) is 3.00. The van der Waals surface area contributed by atoms with Gasteiger partial charge in [0.05, 0.1) is 0 Å². The van der Waals surface area contributed by atoms with Crippen molar-refractivity contribution in [1.29, 1.82) is 0 Å². The van der Waals surface area contributed by atoms with Gasteiger partial charge in [-0.1, -0.05) is 17.7 Å². The monoisotopic (exact) mass is 195 g/mol. The molecule has 1 rings (SSSR count). The van der Waals surface area contributed by atoms with Crippen LogP contribution in [0.3, 0.4) is 0 Å². The molecule has 6 heteroatoms. The highest BCUT2D eigenvalue weighted by molar-refractivity contribution is 7.88. The lowest BCUT2D eigenvalue weighted by atomic mass is 10.4. The van der Waals surface area contributed by atoms with Gasteiger partial charge in [-0.15, -0.1) is 0 Å². The van der Waals surface area contributed by atoms with Gasteiger partial charge in [0.2, 0.25) is 0 Å². The summed E-state index contributed by atoms with van der Waals surface area (Å²) in [6.07, 6.45) is 5.47. The van der Waals surface area contributed by atoms with Crippen LogP contribution in [0.4, 0.5) is 0 Å². The van der Waals surface area contributed by atoms with Gasteiger partial charge in [-0.2, -0.15) is 8.42 Å². The molecular weight excluding hydrogens is 190 g/mol. The Labute approximate surface area is 69.3 Å². The Morgan fingerprint density at radius 3 is 2.36 bits per heavy atom.